The minimum Gasteiger partial charge on any atom is -0.425 e. The minimum absolute atomic E-state index is 0.127. The number of nitrogens with zero attached hydrogens (tertiary/aromatic N) is 3. The van der Waals surface area contributed by atoms with Crippen molar-refractivity contribution in [3.63, 3.8) is 0 Å². The zero-order chi connectivity index (χ0) is 16.4. The molecule has 1 saturated heterocycles. The minimum atomic E-state index is 0.127. The molecule has 4 rings (SSSR count). The van der Waals surface area contributed by atoms with Crippen LogP contribution in [0.2, 0.25) is 0 Å². The second-order valence-electron chi connectivity index (χ2n) is 6.88. The summed E-state index contributed by atoms with van der Waals surface area (Å²) in [5.41, 5.74) is 0. The summed E-state index contributed by atoms with van der Waals surface area (Å²) < 4.78 is 6.02. The lowest BCUT2D eigenvalue weighted by atomic mass is 9.89. The summed E-state index contributed by atoms with van der Waals surface area (Å²) in [7, 11) is 0. The SMILES string of the molecule is O=C(c1cccs1)N1CCCC(c2nnc(C3CCCCC3)o2)C1. The van der Waals surface area contributed by atoms with Gasteiger partial charge in [0, 0.05) is 19.0 Å². The number of carbonyl (C=O) groups is 1. The summed E-state index contributed by atoms with van der Waals surface area (Å²) in [6.07, 6.45) is 8.16. The van der Waals surface area contributed by atoms with E-state index in [9.17, 15) is 4.79 Å². The van der Waals surface area contributed by atoms with E-state index in [0.717, 1.165) is 48.9 Å². The van der Waals surface area contributed by atoms with Crippen LogP contribution >= 0.6 is 11.3 Å². The van der Waals surface area contributed by atoms with E-state index < -0.39 is 0 Å². The first-order valence-corrected chi connectivity index (χ1v) is 9.85. The molecule has 1 amide bonds. The first-order chi connectivity index (χ1) is 11.8. The van der Waals surface area contributed by atoms with Crippen molar-refractivity contribution >= 4 is 17.2 Å². The quantitative estimate of drug-likeness (QED) is 0.836. The van der Waals surface area contributed by atoms with Crippen LogP contribution in [-0.2, 0) is 0 Å². The van der Waals surface area contributed by atoms with Crippen LogP contribution < -0.4 is 0 Å². The molecule has 1 unspecified atom stereocenters. The molecule has 24 heavy (non-hydrogen) atoms. The van der Waals surface area contributed by atoms with E-state index in [-0.39, 0.29) is 11.8 Å². The van der Waals surface area contributed by atoms with E-state index in [1.54, 1.807) is 0 Å². The highest BCUT2D eigenvalue weighted by atomic mass is 32.1. The first kappa shape index (κ1) is 15.8. The Bertz CT molecular complexity index is 676. The number of rotatable bonds is 3. The number of amides is 1. The van der Waals surface area contributed by atoms with Crippen LogP contribution in [0.25, 0.3) is 0 Å². The van der Waals surface area contributed by atoms with E-state index in [4.69, 9.17) is 4.42 Å². The Kier molecular flexibility index (Phi) is 4.65. The van der Waals surface area contributed by atoms with Gasteiger partial charge in [-0.25, -0.2) is 0 Å². The van der Waals surface area contributed by atoms with E-state index >= 15 is 0 Å². The van der Waals surface area contributed by atoms with Gasteiger partial charge >= 0.3 is 0 Å². The predicted octanol–water partition coefficient (Wildman–Crippen LogP) is 4.20. The van der Waals surface area contributed by atoms with E-state index in [0.29, 0.717) is 12.5 Å². The van der Waals surface area contributed by atoms with Crippen LogP contribution in [0.15, 0.2) is 21.9 Å². The lowest BCUT2D eigenvalue weighted by Crippen LogP contribution is -2.38. The maximum atomic E-state index is 12.6. The Morgan fingerprint density at radius 3 is 2.58 bits per heavy atom. The fraction of sp³-hybridized carbons (Fsp3) is 0.611. The number of carbonyl (C=O) groups excluding carboxylic acids is 1. The summed E-state index contributed by atoms with van der Waals surface area (Å²) in [4.78, 5) is 15.3. The molecule has 3 heterocycles. The Morgan fingerprint density at radius 2 is 1.83 bits per heavy atom. The molecule has 0 bridgehead atoms. The average molecular weight is 345 g/mol. The zero-order valence-corrected chi connectivity index (χ0v) is 14.6. The highest BCUT2D eigenvalue weighted by Gasteiger charge is 2.30. The van der Waals surface area contributed by atoms with Gasteiger partial charge in [0.25, 0.3) is 5.91 Å². The summed E-state index contributed by atoms with van der Waals surface area (Å²) >= 11 is 1.50. The maximum absolute atomic E-state index is 12.6. The van der Waals surface area contributed by atoms with Crippen molar-refractivity contribution in [2.45, 2.75) is 56.8 Å². The largest absolute Gasteiger partial charge is 0.425 e. The average Bonchev–Trinajstić information content (AvgIpc) is 3.34. The molecular weight excluding hydrogens is 322 g/mol. The number of thiophene rings is 1. The summed E-state index contributed by atoms with van der Waals surface area (Å²) in [5.74, 6) is 2.27. The molecular formula is C18H23N3O2S. The van der Waals surface area contributed by atoms with Crippen LogP contribution in [-0.4, -0.2) is 34.1 Å². The third-order valence-electron chi connectivity index (χ3n) is 5.20. The molecule has 2 aliphatic rings. The molecule has 2 fully saturated rings. The van der Waals surface area contributed by atoms with Crippen LogP contribution in [0, 0.1) is 0 Å². The van der Waals surface area contributed by atoms with Crippen LogP contribution in [0.4, 0.5) is 0 Å². The van der Waals surface area contributed by atoms with Crippen molar-refractivity contribution in [2.24, 2.45) is 0 Å². The Morgan fingerprint density at radius 1 is 1.08 bits per heavy atom. The molecule has 6 heteroatoms. The second-order valence-corrected chi connectivity index (χ2v) is 7.83. The molecule has 1 atom stereocenters. The van der Waals surface area contributed by atoms with Gasteiger partial charge in [-0.05, 0) is 37.1 Å². The smallest absolute Gasteiger partial charge is 0.263 e. The van der Waals surface area contributed by atoms with Gasteiger partial charge < -0.3 is 9.32 Å². The van der Waals surface area contributed by atoms with Gasteiger partial charge in [0.1, 0.15) is 0 Å². The van der Waals surface area contributed by atoms with Gasteiger partial charge in [-0.15, -0.1) is 21.5 Å². The molecule has 0 aromatic carbocycles. The summed E-state index contributed by atoms with van der Waals surface area (Å²) in [5, 5.41) is 10.6. The normalized spacial score (nSPS) is 22.7. The lowest BCUT2D eigenvalue weighted by Gasteiger charge is -2.30. The molecule has 2 aromatic heterocycles. The van der Waals surface area contributed by atoms with Crippen molar-refractivity contribution < 1.29 is 9.21 Å². The molecule has 128 valence electrons. The van der Waals surface area contributed by atoms with Gasteiger partial charge in [0.2, 0.25) is 11.8 Å². The lowest BCUT2D eigenvalue weighted by molar-refractivity contribution is 0.0702. The van der Waals surface area contributed by atoms with Crippen molar-refractivity contribution in [3.8, 4) is 0 Å². The van der Waals surface area contributed by atoms with E-state index in [2.05, 4.69) is 10.2 Å². The molecule has 0 spiro atoms. The Hall–Kier alpha value is -1.69. The predicted molar refractivity (Wildman–Crippen MR) is 92.3 cm³/mol. The number of hydrogen-bond donors (Lipinski definition) is 0. The third kappa shape index (κ3) is 3.24. The van der Waals surface area contributed by atoms with Crippen molar-refractivity contribution in [2.75, 3.05) is 13.1 Å². The maximum Gasteiger partial charge on any atom is 0.263 e. The van der Waals surface area contributed by atoms with Crippen LogP contribution in [0.5, 0.6) is 0 Å². The number of hydrogen-bond acceptors (Lipinski definition) is 5. The summed E-state index contributed by atoms with van der Waals surface area (Å²) in [6.45, 7) is 1.50. The topological polar surface area (TPSA) is 59.2 Å². The number of likely N-dealkylation sites (tertiary alicyclic amines) is 1. The fourth-order valence-electron chi connectivity index (χ4n) is 3.85. The fourth-order valence-corrected chi connectivity index (χ4v) is 4.54. The van der Waals surface area contributed by atoms with Gasteiger partial charge in [-0.1, -0.05) is 25.3 Å². The first-order valence-electron chi connectivity index (χ1n) is 8.97. The molecule has 1 saturated carbocycles. The van der Waals surface area contributed by atoms with Gasteiger partial charge in [-0.2, -0.15) is 0 Å². The molecule has 5 nitrogen and oxygen atoms in total. The summed E-state index contributed by atoms with van der Waals surface area (Å²) in [6, 6.07) is 3.82. The highest BCUT2D eigenvalue weighted by molar-refractivity contribution is 7.12. The molecule has 0 radical (unpaired) electrons. The van der Waals surface area contributed by atoms with Gasteiger partial charge in [0.15, 0.2) is 0 Å². The number of aromatic nitrogens is 2. The van der Waals surface area contributed by atoms with Gasteiger partial charge in [0.05, 0.1) is 10.8 Å². The second kappa shape index (κ2) is 7.05. The Balaban J connectivity index is 1.44. The zero-order valence-electron chi connectivity index (χ0n) is 13.8. The highest BCUT2D eigenvalue weighted by Crippen LogP contribution is 2.34. The van der Waals surface area contributed by atoms with Crippen molar-refractivity contribution in [1.82, 2.24) is 15.1 Å². The molecule has 0 N–H and O–H groups in total. The molecule has 1 aliphatic heterocycles. The standard InChI is InChI=1S/C18H23N3O2S/c22-18(15-9-5-11-24-15)21-10-4-8-14(12-21)17-20-19-16(23-17)13-6-2-1-3-7-13/h5,9,11,13-14H,1-4,6-8,10,12H2. The monoisotopic (exact) mass is 345 g/mol. The van der Waals surface area contributed by atoms with Crippen LogP contribution in [0.1, 0.15) is 78.2 Å². The molecule has 1 aliphatic carbocycles. The van der Waals surface area contributed by atoms with Gasteiger partial charge in [-0.3, -0.25) is 4.79 Å². The Labute approximate surface area is 146 Å². The molecule has 2 aromatic rings. The third-order valence-corrected chi connectivity index (χ3v) is 6.06. The van der Waals surface area contributed by atoms with Crippen LogP contribution in [0.3, 0.4) is 0 Å². The van der Waals surface area contributed by atoms with E-state index in [1.807, 2.05) is 22.4 Å². The van der Waals surface area contributed by atoms with Crippen molar-refractivity contribution in [3.05, 3.63) is 34.2 Å². The van der Waals surface area contributed by atoms with E-state index in [1.165, 1.54) is 30.6 Å². The van der Waals surface area contributed by atoms with Crippen molar-refractivity contribution in [1.29, 1.82) is 0 Å². The number of piperidine rings is 1.